The number of nitriles is 1. The van der Waals surface area contributed by atoms with Crippen LogP contribution < -0.4 is 4.90 Å². The molecule has 0 atom stereocenters. The Hall–Kier alpha value is -2.60. The zero-order valence-electron chi connectivity index (χ0n) is 12.6. The summed E-state index contributed by atoms with van der Waals surface area (Å²) >= 11 is 0. The number of benzene rings is 2. The van der Waals surface area contributed by atoms with Crippen LogP contribution in [0.5, 0.6) is 0 Å². The standard InChI is InChI=1S/C18H18N2O/c1-4-14-5-8-16(9-6-14)20(3)18-11-15(12-19)7-10-17(18)13(2)21/h5-11H,4H2,1-3H3. The van der Waals surface area contributed by atoms with Gasteiger partial charge in [-0.2, -0.15) is 5.26 Å². The molecule has 2 aromatic rings. The van der Waals surface area contributed by atoms with Crippen molar-refractivity contribution >= 4 is 17.2 Å². The lowest BCUT2D eigenvalue weighted by molar-refractivity contribution is 0.101. The number of carbonyl (C=O) groups excluding carboxylic acids is 1. The fourth-order valence-corrected chi connectivity index (χ4v) is 2.27. The third-order valence-electron chi connectivity index (χ3n) is 3.60. The van der Waals surface area contributed by atoms with E-state index in [4.69, 9.17) is 5.26 Å². The van der Waals surface area contributed by atoms with Crippen molar-refractivity contribution in [3.63, 3.8) is 0 Å². The summed E-state index contributed by atoms with van der Waals surface area (Å²) in [5, 5.41) is 9.06. The molecule has 0 unspecified atom stereocenters. The van der Waals surface area contributed by atoms with Crippen LogP contribution in [-0.2, 0) is 6.42 Å². The molecule has 0 aliphatic carbocycles. The molecule has 3 nitrogen and oxygen atoms in total. The summed E-state index contributed by atoms with van der Waals surface area (Å²) in [6, 6.07) is 15.5. The summed E-state index contributed by atoms with van der Waals surface area (Å²) in [6.07, 6.45) is 0.993. The largest absolute Gasteiger partial charge is 0.344 e. The second-order valence-electron chi connectivity index (χ2n) is 4.98. The fraction of sp³-hybridized carbons (Fsp3) is 0.222. The van der Waals surface area contributed by atoms with Crippen molar-refractivity contribution in [1.82, 2.24) is 0 Å². The lowest BCUT2D eigenvalue weighted by atomic mass is 10.0. The van der Waals surface area contributed by atoms with Crippen LogP contribution in [0.1, 0.15) is 35.3 Å². The number of anilines is 2. The maximum absolute atomic E-state index is 11.8. The maximum Gasteiger partial charge on any atom is 0.161 e. The van der Waals surface area contributed by atoms with Crippen LogP contribution >= 0.6 is 0 Å². The highest BCUT2D eigenvalue weighted by Crippen LogP contribution is 2.28. The van der Waals surface area contributed by atoms with E-state index in [0.29, 0.717) is 11.1 Å². The van der Waals surface area contributed by atoms with Gasteiger partial charge in [0.25, 0.3) is 0 Å². The van der Waals surface area contributed by atoms with Gasteiger partial charge >= 0.3 is 0 Å². The minimum absolute atomic E-state index is 0.00785. The van der Waals surface area contributed by atoms with E-state index in [0.717, 1.165) is 17.8 Å². The minimum Gasteiger partial charge on any atom is -0.344 e. The van der Waals surface area contributed by atoms with Gasteiger partial charge in [0.05, 0.1) is 17.3 Å². The minimum atomic E-state index is -0.00785. The molecule has 0 aliphatic rings. The Labute approximate surface area is 125 Å². The highest BCUT2D eigenvalue weighted by atomic mass is 16.1. The SMILES string of the molecule is CCc1ccc(N(C)c2cc(C#N)ccc2C(C)=O)cc1. The van der Waals surface area contributed by atoms with E-state index >= 15 is 0 Å². The molecule has 0 saturated heterocycles. The molecule has 0 amide bonds. The number of hydrogen-bond donors (Lipinski definition) is 0. The van der Waals surface area contributed by atoms with Gasteiger partial charge < -0.3 is 4.90 Å². The number of rotatable bonds is 4. The number of carbonyl (C=O) groups is 1. The molecule has 21 heavy (non-hydrogen) atoms. The first-order valence-electron chi connectivity index (χ1n) is 6.94. The first-order valence-corrected chi connectivity index (χ1v) is 6.94. The molecule has 0 heterocycles. The number of nitrogens with zero attached hydrogens (tertiary/aromatic N) is 2. The number of aryl methyl sites for hydroxylation is 1. The molecular weight excluding hydrogens is 260 g/mol. The first-order chi connectivity index (χ1) is 10.1. The van der Waals surface area contributed by atoms with Crippen LogP contribution in [0.15, 0.2) is 42.5 Å². The number of hydrogen-bond acceptors (Lipinski definition) is 3. The van der Waals surface area contributed by atoms with Gasteiger partial charge in [0, 0.05) is 18.3 Å². The van der Waals surface area contributed by atoms with Crippen molar-refractivity contribution in [2.24, 2.45) is 0 Å². The Balaban J connectivity index is 2.47. The first kappa shape index (κ1) is 14.8. The van der Waals surface area contributed by atoms with Crippen molar-refractivity contribution in [2.45, 2.75) is 20.3 Å². The molecule has 0 saturated carbocycles. The number of ketones is 1. The molecule has 0 aliphatic heterocycles. The van der Waals surface area contributed by atoms with Crippen LogP contribution in [-0.4, -0.2) is 12.8 Å². The average Bonchev–Trinajstić information content (AvgIpc) is 2.53. The molecule has 0 bridgehead atoms. The Morgan fingerprint density at radius 2 is 1.86 bits per heavy atom. The van der Waals surface area contributed by atoms with E-state index in [1.807, 2.05) is 24.1 Å². The summed E-state index contributed by atoms with van der Waals surface area (Å²) in [5.41, 5.74) is 4.18. The van der Waals surface area contributed by atoms with E-state index in [1.54, 1.807) is 25.1 Å². The highest BCUT2D eigenvalue weighted by Gasteiger charge is 2.13. The van der Waals surface area contributed by atoms with E-state index in [1.165, 1.54) is 5.56 Å². The van der Waals surface area contributed by atoms with Gasteiger partial charge in [0.2, 0.25) is 0 Å². The van der Waals surface area contributed by atoms with Crippen LogP contribution in [0, 0.1) is 11.3 Å². The molecule has 2 rings (SSSR count). The fourth-order valence-electron chi connectivity index (χ4n) is 2.27. The summed E-state index contributed by atoms with van der Waals surface area (Å²) in [4.78, 5) is 13.7. The highest BCUT2D eigenvalue weighted by molar-refractivity contribution is 6.00. The molecular formula is C18H18N2O. The lowest BCUT2D eigenvalue weighted by Gasteiger charge is -2.22. The summed E-state index contributed by atoms with van der Waals surface area (Å²) < 4.78 is 0. The van der Waals surface area contributed by atoms with Gasteiger partial charge in [-0.05, 0) is 49.2 Å². The number of Topliss-reactive ketones (excluding diaryl/α,β-unsaturated/α-hetero) is 1. The smallest absolute Gasteiger partial charge is 0.161 e. The van der Waals surface area contributed by atoms with Crippen molar-refractivity contribution in [3.05, 3.63) is 59.2 Å². The molecule has 0 aromatic heterocycles. The van der Waals surface area contributed by atoms with Gasteiger partial charge in [0.15, 0.2) is 5.78 Å². The summed E-state index contributed by atoms with van der Waals surface area (Å²) in [7, 11) is 1.91. The van der Waals surface area contributed by atoms with E-state index in [2.05, 4.69) is 25.1 Å². The van der Waals surface area contributed by atoms with Crippen molar-refractivity contribution in [2.75, 3.05) is 11.9 Å². The molecule has 2 aromatic carbocycles. The van der Waals surface area contributed by atoms with Crippen LogP contribution in [0.2, 0.25) is 0 Å². The van der Waals surface area contributed by atoms with Gasteiger partial charge in [-0.3, -0.25) is 4.79 Å². The summed E-state index contributed by atoms with van der Waals surface area (Å²) in [5.74, 6) is -0.00785. The van der Waals surface area contributed by atoms with E-state index < -0.39 is 0 Å². The predicted molar refractivity (Wildman–Crippen MR) is 85.0 cm³/mol. The molecule has 106 valence electrons. The predicted octanol–water partition coefficient (Wildman–Crippen LogP) is 4.09. The van der Waals surface area contributed by atoms with Crippen LogP contribution in [0.3, 0.4) is 0 Å². The zero-order chi connectivity index (χ0) is 15.4. The van der Waals surface area contributed by atoms with Gasteiger partial charge in [-0.25, -0.2) is 0 Å². The Morgan fingerprint density at radius 3 is 2.38 bits per heavy atom. The second kappa shape index (κ2) is 6.23. The normalized spacial score (nSPS) is 10.0. The van der Waals surface area contributed by atoms with Gasteiger partial charge in [0.1, 0.15) is 0 Å². The van der Waals surface area contributed by atoms with Crippen molar-refractivity contribution in [1.29, 1.82) is 5.26 Å². The molecule has 0 radical (unpaired) electrons. The Morgan fingerprint density at radius 1 is 1.19 bits per heavy atom. The molecule has 0 N–H and O–H groups in total. The molecule has 0 fully saturated rings. The average molecular weight is 278 g/mol. The molecule has 0 spiro atoms. The third-order valence-corrected chi connectivity index (χ3v) is 3.60. The summed E-state index contributed by atoms with van der Waals surface area (Å²) in [6.45, 7) is 3.65. The van der Waals surface area contributed by atoms with Crippen LogP contribution in [0.4, 0.5) is 11.4 Å². The monoisotopic (exact) mass is 278 g/mol. The third kappa shape index (κ3) is 3.11. The van der Waals surface area contributed by atoms with Crippen LogP contribution in [0.25, 0.3) is 0 Å². The Bertz CT molecular complexity index is 696. The van der Waals surface area contributed by atoms with Crippen molar-refractivity contribution < 1.29 is 4.79 Å². The van der Waals surface area contributed by atoms with Gasteiger partial charge in [-0.15, -0.1) is 0 Å². The molecule has 3 heteroatoms. The second-order valence-corrected chi connectivity index (χ2v) is 4.98. The van der Waals surface area contributed by atoms with E-state index in [9.17, 15) is 4.79 Å². The maximum atomic E-state index is 11.8. The Kier molecular flexibility index (Phi) is 4.39. The van der Waals surface area contributed by atoms with E-state index in [-0.39, 0.29) is 5.78 Å². The van der Waals surface area contributed by atoms with Crippen molar-refractivity contribution in [3.8, 4) is 6.07 Å². The zero-order valence-corrected chi connectivity index (χ0v) is 12.6. The topological polar surface area (TPSA) is 44.1 Å². The lowest BCUT2D eigenvalue weighted by Crippen LogP contribution is -2.13. The quantitative estimate of drug-likeness (QED) is 0.791. The van der Waals surface area contributed by atoms with Gasteiger partial charge in [-0.1, -0.05) is 19.1 Å².